The van der Waals surface area contributed by atoms with Gasteiger partial charge in [-0.3, -0.25) is 9.36 Å². The van der Waals surface area contributed by atoms with Crippen LogP contribution in [0.3, 0.4) is 0 Å². The fourth-order valence-corrected chi connectivity index (χ4v) is 1.91. The summed E-state index contributed by atoms with van der Waals surface area (Å²) in [7, 11) is 1.75. The van der Waals surface area contributed by atoms with Gasteiger partial charge in [-0.1, -0.05) is 13.8 Å². The summed E-state index contributed by atoms with van der Waals surface area (Å²) >= 11 is 0. The summed E-state index contributed by atoms with van der Waals surface area (Å²) in [5.41, 5.74) is 1.36. The summed E-state index contributed by atoms with van der Waals surface area (Å²) in [6.07, 6.45) is 3.29. The van der Waals surface area contributed by atoms with Crippen LogP contribution >= 0.6 is 0 Å². The third-order valence-corrected chi connectivity index (χ3v) is 3.01. The van der Waals surface area contributed by atoms with E-state index in [-0.39, 0.29) is 18.0 Å². The van der Waals surface area contributed by atoms with Crippen LogP contribution < -0.4 is 0 Å². The van der Waals surface area contributed by atoms with Crippen LogP contribution in [0, 0.1) is 0 Å². The Kier molecular flexibility index (Phi) is 4.22. The zero-order valence-electron chi connectivity index (χ0n) is 12.3. The second-order valence-electron chi connectivity index (χ2n) is 5.18. The van der Waals surface area contributed by atoms with Crippen LogP contribution in [0.1, 0.15) is 42.9 Å². The number of aromatic nitrogens is 4. The van der Waals surface area contributed by atoms with Gasteiger partial charge in [-0.2, -0.15) is 10.2 Å². The summed E-state index contributed by atoms with van der Waals surface area (Å²) in [5.74, 6) is -0.0733. The molecule has 6 nitrogen and oxygen atoms in total. The fraction of sp³-hybridized carbons (Fsp3) is 0.500. The first-order valence-corrected chi connectivity index (χ1v) is 6.69. The number of rotatable bonds is 5. The predicted molar refractivity (Wildman–Crippen MR) is 74.4 cm³/mol. The van der Waals surface area contributed by atoms with Crippen molar-refractivity contribution in [3.63, 3.8) is 0 Å². The van der Waals surface area contributed by atoms with E-state index in [0.29, 0.717) is 12.2 Å². The number of carbonyl (C=O) groups is 1. The van der Waals surface area contributed by atoms with Gasteiger partial charge in [0.05, 0.1) is 12.2 Å². The number of hydrogen-bond acceptors (Lipinski definition) is 4. The molecular weight excluding hydrogens is 256 g/mol. The van der Waals surface area contributed by atoms with Crippen LogP contribution in [-0.4, -0.2) is 31.6 Å². The Morgan fingerprint density at radius 2 is 2.15 bits per heavy atom. The van der Waals surface area contributed by atoms with Crippen LogP contribution in [0.15, 0.2) is 24.5 Å². The first-order valence-electron chi connectivity index (χ1n) is 6.69. The Bertz CT molecular complexity index is 572. The molecule has 0 aromatic carbocycles. The maximum Gasteiger partial charge on any atom is 0.356 e. The van der Waals surface area contributed by atoms with Gasteiger partial charge in [0, 0.05) is 19.4 Å². The maximum absolute atomic E-state index is 12.1. The third-order valence-electron chi connectivity index (χ3n) is 3.01. The molecule has 108 valence electrons. The first-order chi connectivity index (χ1) is 9.47. The molecule has 0 spiro atoms. The lowest BCUT2D eigenvalue weighted by Crippen LogP contribution is -2.22. The summed E-state index contributed by atoms with van der Waals surface area (Å²) in [4.78, 5) is 12.1. The topological polar surface area (TPSA) is 61.9 Å². The number of carbonyl (C=O) groups excluding carboxylic acids is 1. The molecule has 2 heterocycles. The van der Waals surface area contributed by atoms with Crippen molar-refractivity contribution in [2.24, 2.45) is 7.05 Å². The number of hydrogen-bond donors (Lipinski definition) is 0. The van der Waals surface area contributed by atoms with Crippen LogP contribution in [-0.2, 0) is 18.3 Å². The number of aryl methyl sites for hydroxylation is 1. The molecule has 2 rings (SSSR count). The largest absolute Gasteiger partial charge is 0.456 e. The van der Waals surface area contributed by atoms with E-state index in [0.717, 1.165) is 5.69 Å². The van der Waals surface area contributed by atoms with Crippen molar-refractivity contribution < 1.29 is 9.53 Å². The highest BCUT2D eigenvalue weighted by atomic mass is 16.5. The predicted octanol–water partition coefficient (Wildman–Crippen LogP) is 1.99. The fourth-order valence-electron chi connectivity index (χ4n) is 1.91. The molecule has 0 saturated carbocycles. The van der Waals surface area contributed by atoms with Crippen molar-refractivity contribution in [2.45, 2.75) is 39.3 Å². The standard InChI is InChI=1S/C14H20N4O2/c1-10(2)12-8-13(17(4)16-12)14(19)20-11(3)9-18-7-5-6-15-18/h5-8,10-11H,9H2,1-4H3. The van der Waals surface area contributed by atoms with Gasteiger partial charge in [-0.25, -0.2) is 4.79 Å². The molecule has 20 heavy (non-hydrogen) atoms. The lowest BCUT2D eigenvalue weighted by atomic mass is 10.1. The van der Waals surface area contributed by atoms with E-state index in [1.165, 1.54) is 0 Å². The van der Waals surface area contributed by atoms with Crippen LogP contribution in [0.5, 0.6) is 0 Å². The quantitative estimate of drug-likeness (QED) is 0.783. The zero-order chi connectivity index (χ0) is 14.7. The molecule has 0 fully saturated rings. The van der Waals surface area contributed by atoms with Crippen molar-refractivity contribution >= 4 is 5.97 Å². The Morgan fingerprint density at radius 3 is 2.70 bits per heavy atom. The normalized spacial score (nSPS) is 12.7. The summed E-state index contributed by atoms with van der Waals surface area (Å²) in [6, 6.07) is 3.62. The summed E-state index contributed by atoms with van der Waals surface area (Å²) < 4.78 is 8.73. The molecule has 0 aliphatic carbocycles. The van der Waals surface area contributed by atoms with Crippen LogP contribution in [0.2, 0.25) is 0 Å². The molecule has 0 N–H and O–H groups in total. The maximum atomic E-state index is 12.1. The average Bonchev–Trinajstić information content (AvgIpc) is 2.98. The molecule has 0 amide bonds. The molecule has 6 heteroatoms. The van der Waals surface area contributed by atoms with Gasteiger partial charge in [-0.15, -0.1) is 0 Å². The average molecular weight is 276 g/mol. The molecule has 0 saturated heterocycles. The number of ether oxygens (including phenoxy) is 1. The van der Waals surface area contributed by atoms with Gasteiger partial charge in [0.15, 0.2) is 0 Å². The van der Waals surface area contributed by atoms with Crippen molar-refractivity contribution in [1.82, 2.24) is 19.6 Å². The Balaban J connectivity index is 2.00. The zero-order valence-corrected chi connectivity index (χ0v) is 12.3. The molecule has 2 aromatic heterocycles. The van der Waals surface area contributed by atoms with E-state index in [9.17, 15) is 4.79 Å². The Hall–Kier alpha value is -2.11. The van der Waals surface area contributed by atoms with Gasteiger partial charge in [0.1, 0.15) is 11.8 Å². The van der Waals surface area contributed by atoms with Gasteiger partial charge < -0.3 is 4.74 Å². The number of nitrogens with zero attached hydrogens (tertiary/aromatic N) is 4. The van der Waals surface area contributed by atoms with E-state index in [4.69, 9.17) is 4.74 Å². The van der Waals surface area contributed by atoms with Gasteiger partial charge in [0.2, 0.25) is 0 Å². The SMILES string of the molecule is CC(Cn1cccn1)OC(=O)c1cc(C(C)C)nn1C. The van der Waals surface area contributed by atoms with Crippen molar-refractivity contribution in [2.75, 3.05) is 0 Å². The highest BCUT2D eigenvalue weighted by Gasteiger charge is 2.18. The molecule has 0 radical (unpaired) electrons. The highest BCUT2D eigenvalue weighted by molar-refractivity contribution is 5.87. The van der Waals surface area contributed by atoms with E-state index >= 15 is 0 Å². The molecule has 1 unspecified atom stereocenters. The van der Waals surface area contributed by atoms with Gasteiger partial charge in [-0.05, 0) is 25.0 Å². The lowest BCUT2D eigenvalue weighted by molar-refractivity contribution is 0.0286. The van der Waals surface area contributed by atoms with E-state index < -0.39 is 0 Å². The number of esters is 1. The van der Waals surface area contributed by atoms with Crippen LogP contribution in [0.25, 0.3) is 0 Å². The van der Waals surface area contributed by atoms with Crippen LogP contribution in [0.4, 0.5) is 0 Å². The molecule has 0 bridgehead atoms. The second-order valence-corrected chi connectivity index (χ2v) is 5.18. The molecule has 0 aliphatic rings. The van der Waals surface area contributed by atoms with Gasteiger partial charge in [0.25, 0.3) is 0 Å². The molecule has 1 atom stereocenters. The minimum atomic E-state index is -0.355. The van der Waals surface area contributed by atoms with Crippen molar-refractivity contribution in [3.8, 4) is 0 Å². The smallest absolute Gasteiger partial charge is 0.356 e. The van der Waals surface area contributed by atoms with Gasteiger partial charge >= 0.3 is 5.97 Å². The highest BCUT2D eigenvalue weighted by Crippen LogP contribution is 2.15. The Morgan fingerprint density at radius 1 is 1.40 bits per heavy atom. The van der Waals surface area contributed by atoms with Crippen molar-refractivity contribution in [1.29, 1.82) is 0 Å². The minimum Gasteiger partial charge on any atom is -0.456 e. The Labute approximate surface area is 118 Å². The first kappa shape index (κ1) is 14.3. The minimum absolute atomic E-state index is 0.250. The molecular formula is C14H20N4O2. The third kappa shape index (κ3) is 3.26. The molecule has 2 aromatic rings. The van der Waals surface area contributed by atoms with E-state index in [1.54, 1.807) is 28.7 Å². The summed E-state index contributed by atoms with van der Waals surface area (Å²) in [5, 5.41) is 8.40. The van der Waals surface area contributed by atoms with Crippen molar-refractivity contribution in [3.05, 3.63) is 35.9 Å². The van der Waals surface area contributed by atoms with E-state index in [2.05, 4.69) is 10.2 Å². The monoisotopic (exact) mass is 276 g/mol. The molecule has 0 aliphatic heterocycles. The second kappa shape index (κ2) is 5.90. The van der Waals surface area contributed by atoms with E-state index in [1.807, 2.05) is 33.0 Å². The lowest BCUT2D eigenvalue weighted by Gasteiger charge is -2.13. The summed E-state index contributed by atoms with van der Waals surface area (Å²) in [6.45, 7) is 6.46.